The summed E-state index contributed by atoms with van der Waals surface area (Å²) in [6.07, 6.45) is -0.656. The molecule has 0 fully saturated rings. The Morgan fingerprint density at radius 3 is 2.46 bits per heavy atom. The van der Waals surface area contributed by atoms with Gasteiger partial charge in [0.25, 0.3) is 10.0 Å². The second-order valence-electron chi connectivity index (χ2n) is 3.40. The van der Waals surface area contributed by atoms with Gasteiger partial charge in [0, 0.05) is 0 Å². The van der Waals surface area contributed by atoms with E-state index < -0.39 is 20.9 Å². The summed E-state index contributed by atoms with van der Waals surface area (Å²) in [6.45, 7) is 4.82. The molecule has 0 radical (unpaired) electrons. The minimum Gasteiger partial charge on any atom is -0.453 e. The molecule has 6 heteroatoms. The van der Waals surface area contributed by atoms with E-state index in [1.807, 2.05) is 0 Å². The van der Waals surface area contributed by atoms with Crippen molar-refractivity contribution in [1.29, 1.82) is 0 Å². The first kappa shape index (κ1) is 10.3. The smallest absolute Gasteiger partial charge is 0.399 e. The lowest BCUT2D eigenvalue weighted by Gasteiger charge is -2.32. The Hall–Kier alpha value is -0.780. The van der Waals surface area contributed by atoms with Gasteiger partial charge in [0.2, 0.25) is 0 Å². The molecule has 0 saturated heterocycles. The van der Waals surface area contributed by atoms with Gasteiger partial charge in [-0.3, -0.25) is 0 Å². The predicted molar refractivity (Wildman–Crippen MR) is 48.0 cm³/mol. The summed E-state index contributed by atoms with van der Waals surface area (Å²) in [4.78, 5) is 0. The van der Waals surface area contributed by atoms with Gasteiger partial charge >= 0.3 is 6.08 Å². The highest BCUT2D eigenvalue weighted by molar-refractivity contribution is 7.91. The zero-order chi connectivity index (χ0) is 10.3. The predicted octanol–water partition coefficient (Wildman–Crippen LogP) is 0.516. The van der Waals surface area contributed by atoms with Gasteiger partial charge in [-0.2, -0.15) is 0 Å². The van der Waals surface area contributed by atoms with Crippen LogP contribution in [0.25, 0.3) is 0 Å². The molecule has 0 aliphatic carbocycles. The van der Waals surface area contributed by atoms with E-state index in [1.165, 1.54) is 7.11 Å². The van der Waals surface area contributed by atoms with Crippen molar-refractivity contribution in [2.75, 3.05) is 7.11 Å². The molecule has 0 N–H and O–H groups in total. The van der Waals surface area contributed by atoms with E-state index in [1.54, 1.807) is 20.8 Å². The molecule has 0 amide bonds. The summed E-state index contributed by atoms with van der Waals surface area (Å²) in [5.74, 6) is 0. The van der Waals surface area contributed by atoms with Crippen molar-refractivity contribution >= 4 is 16.1 Å². The minimum atomic E-state index is -3.53. The van der Waals surface area contributed by atoms with Gasteiger partial charge < -0.3 is 9.47 Å². The Bertz CT molecular complexity index is 330. The molecule has 0 aromatic rings. The van der Waals surface area contributed by atoms with E-state index in [0.717, 1.165) is 0 Å². The molecule has 1 rings (SSSR count). The van der Waals surface area contributed by atoms with Crippen molar-refractivity contribution < 1.29 is 17.9 Å². The summed E-state index contributed by atoms with van der Waals surface area (Å²) in [7, 11) is -2.21. The lowest BCUT2D eigenvalue weighted by molar-refractivity contribution is 0.107. The monoisotopic (exact) mass is 207 g/mol. The second kappa shape index (κ2) is 2.87. The number of nitrogens with zero attached hydrogens (tertiary/aromatic N) is 1. The first-order valence-corrected chi connectivity index (χ1v) is 5.30. The van der Waals surface area contributed by atoms with Crippen LogP contribution in [0.1, 0.15) is 20.8 Å². The van der Waals surface area contributed by atoms with Crippen molar-refractivity contribution in [1.82, 2.24) is 0 Å². The minimum absolute atomic E-state index is 0.188. The molecule has 1 aliphatic rings. The van der Waals surface area contributed by atoms with Crippen molar-refractivity contribution in [3.63, 3.8) is 0 Å². The fourth-order valence-electron chi connectivity index (χ4n) is 0.826. The third kappa shape index (κ3) is 1.50. The van der Waals surface area contributed by atoms with Gasteiger partial charge in [0.15, 0.2) is 0 Å². The zero-order valence-electron chi connectivity index (χ0n) is 8.07. The van der Waals surface area contributed by atoms with E-state index in [2.05, 4.69) is 9.13 Å². The number of hydrogen-bond donors (Lipinski definition) is 0. The maximum atomic E-state index is 11.5. The molecule has 0 aromatic heterocycles. The van der Waals surface area contributed by atoms with Crippen LogP contribution >= 0.6 is 0 Å². The van der Waals surface area contributed by atoms with Crippen molar-refractivity contribution in [3.8, 4) is 0 Å². The number of sulfonamides is 1. The molecule has 0 bridgehead atoms. The molecule has 0 spiro atoms. The van der Waals surface area contributed by atoms with E-state index in [9.17, 15) is 8.42 Å². The molecular weight excluding hydrogens is 194 g/mol. The Morgan fingerprint density at radius 2 is 2.08 bits per heavy atom. The quantitative estimate of drug-likeness (QED) is 0.580. The Balaban J connectivity index is 3.20. The maximum Gasteiger partial charge on any atom is 0.399 e. The largest absolute Gasteiger partial charge is 0.453 e. The average Bonchev–Trinajstić information content (AvgIpc) is 2.00. The fraction of sp³-hybridized carbons (Fsp3) is 0.857. The van der Waals surface area contributed by atoms with E-state index in [0.29, 0.717) is 0 Å². The van der Waals surface area contributed by atoms with Gasteiger partial charge in [-0.05, 0) is 20.8 Å². The highest BCUT2D eigenvalue weighted by Crippen LogP contribution is 2.29. The van der Waals surface area contributed by atoms with E-state index in [-0.39, 0.29) is 6.08 Å². The van der Waals surface area contributed by atoms with E-state index in [4.69, 9.17) is 4.74 Å². The van der Waals surface area contributed by atoms with Crippen molar-refractivity contribution in [2.24, 2.45) is 4.40 Å². The van der Waals surface area contributed by atoms with Crippen LogP contribution in [0.15, 0.2) is 4.40 Å². The Labute approximate surface area is 77.8 Å². The third-order valence-electron chi connectivity index (χ3n) is 2.29. The lowest BCUT2D eigenvalue weighted by Crippen LogP contribution is -2.47. The molecule has 13 heavy (non-hydrogen) atoms. The van der Waals surface area contributed by atoms with Gasteiger partial charge in [-0.25, -0.2) is 8.42 Å². The number of hydrogen-bond acceptors (Lipinski definition) is 4. The van der Waals surface area contributed by atoms with Gasteiger partial charge in [-0.15, -0.1) is 0 Å². The Morgan fingerprint density at radius 1 is 1.54 bits per heavy atom. The van der Waals surface area contributed by atoms with Gasteiger partial charge in [-0.1, -0.05) is 4.40 Å². The standard InChI is InChI=1S/C7H13NO4S/c1-5-7(2,3)13(9,10)8-6(11-4)12-5/h5H,1-4H3/t5-/m0/s1. The molecule has 1 aliphatic heterocycles. The highest BCUT2D eigenvalue weighted by atomic mass is 32.2. The summed E-state index contributed by atoms with van der Waals surface area (Å²) >= 11 is 0. The van der Waals surface area contributed by atoms with Crippen LogP contribution in [0.2, 0.25) is 0 Å². The molecule has 76 valence electrons. The van der Waals surface area contributed by atoms with Crippen LogP contribution in [0.5, 0.6) is 0 Å². The lowest BCUT2D eigenvalue weighted by atomic mass is 10.1. The van der Waals surface area contributed by atoms with Crippen molar-refractivity contribution in [2.45, 2.75) is 31.6 Å². The first-order valence-electron chi connectivity index (χ1n) is 3.86. The van der Waals surface area contributed by atoms with Crippen molar-refractivity contribution in [3.05, 3.63) is 0 Å². The second-order valence-corrected chi connectivity index (χ2v) is 5.58. The number of methoxy groups -OCH3 is 1. The van der Waals surface area contributed by atoms with Crippen LogP contribution in [-0.2, 0) is 19.5 Å². The Kier molecular flexibility index (Phi) is 2.27. The summed E-state index contributed by atoms with van der Waals surface area (Å²) in [5, 5.41) is 0. The summed E-state index contributed by atoms with van der Waals surface area (Å²) in [5.41, 5.74) is 0. The molecule has 1 atom stereocenters. The SMILES string of the molecule is COC1=NS(=O)(=O)C(C)(C)[C@H](C)O1. The highest BCUT2D eigenvalue weighted by Gasteiger charge is 2.46. The van der Waals surface area contributed by atoms with E-state index >= 15 is 0 Å². The fourth-order valence-corrected chi connectivity index (χ4v) is 1.84. The number of ether oxygens (including phenoxy) is 2. The van der Waals surface area contributed by atoms with Gasteiger partial charge in [0.05, 0.1) is 7.11 Å². The molecule has 1 heterocycles. The average molecular weight is 207 g/mol. The summed E-state index contributed by atoms with van der Waals surface area (Å²) < 4.78 is 35.2. The molecule has 0 aromatic carbocycles. The maximum absolute atomic E-state index is 11.5. The zero-order valence-corrected chi connectivity index (χ0v) is 8.88. The summed E-state index contributed by atoms with van der Waals surface area (Å²) in [6, 6.07) is 0. The molecule has 0 saturated carbocycles. The molecular formula is C7H13NO4S. The van der Waals surface area contributed by atoms with Crippen LogP contribution < -0.4 is 0 Å². The third-order valence-corrected chi connectivity index (χ3v) is 4.34. The van der Waals surface area contributed by atoms with Crippen LogP contribution in [0.4, 0.5) is 0 Å². The molecule has 0 unspecified atom stereocenters. The molecule has 5 nitrogen and oxygen atoms in total. The normalized spacial score (nSPS) is 30.2. The van der Waals surface area contributed by atoms with Crippen LogP contribution in [-0.4, -0.2) is 32.5 Å². The topological polar surface area (TPSA) is 65.0 Å². The van der Waals surface area contributed by atoms with Gasteiger partial charge in [0.1, 0.15) is 10.9 Å². The van der Waals surface area contributed by atoms with Crippen LogP contribution in [0.3, 0.4) is 0 Å². The van der Waals surface area contributed by atoms with Crippen LogP contribution in [0, 0.1) is 0 Å². The first-order chi connectivity index (χ1) is 5.81. The number of rotatable bonds is 0.